The number of aliphatic imine (C=N–C) groups is 1. The van der Waals surface area contributed by atoms with Crippen LogP contribution in [0.1, 0.15) is 74.9 Å². The molecule has 1 atom stereocenters. The molecule has 48 heavy (non-hydrogen) atoms. The molecule has 0 fully saturated rings. The SMILES string of the molecule is Cc1cc(C)c(N2c3[c-]c4c(cc3C(C)(C)c3ccccc32)c2ccccc2n4-c2cc(C(C)(C)C)ccn2)[c-]c1C1=N[C@H](C)CO1.[Pt+2]. The van der Waals surface area contributed by atoms with Crippen molar-refractivity contribution >= 4 is 44.8 Å². The predicted octanol–water partition coefficient (Wildman–Crippen LogP) is 9.97. The number of nitrogens with zero attached hydrogens (tertiary/aromatic N) is 4. The molecule has 6 heteroatoms. The fourth-order valence-electron chi connectivity index (χ4n) is 7.37. The van der Waals surface area contributed by atoms with Crippen molar-refractivity contribution in [2.75, 3.05) is 11.5 Å². The summed E-state index contributed by atoms with van der Waals surface area (Å²) in [4.78, 5) is 12.1. The Hall–Kier alpha value is -4.21. The number of fused-ring (bicyclic) bond motifs is 5. The van der Waals surface area contributed by atoms with Crippen molar-refractivity contribution in [2.45, 2.75) is 72.3 Å². The number of hydrogen-bond donors (Lipinski definition) is 0. The van der Waals surface area contributed by atoms with E-state index in [1.54, 1.807) is 0 Å². The van der Waals surface area contributed by atoms with E-state index in [-0.39, 0.29) is 37.9 Å². The van der Waals surface area contributed by atoms with Crippen molar-refractivity contribution in [3.8, 4) is 5.82 Å². The van der Waals surface area contributed by atoms with Crippen LogP contribution in [0.4, 0.5) is 17.1 Å². The van der Waals surface area contributed by atoms with Crippen LogP contribution in [-0.2, 0) is 36.6 Å². The second-order valence-electron chi connectivity index (χ2n) is 14.7. The normalized spacial score (nSPS) is 16.7. The Bertz CT molecular complexity index is 2270. The summed E-state index contributed by atoms with van der Waals surface area (Å²) in [6.45, 7) is 18.4. The Balaban J connectivity index is 0.00000364. The van der Waals surface area contributed by atoms with Crippen molar-refractivity contribution in [1.29, 1.82) is 0 Å². The Morgan fingerprint density at radius 2 is 1.60 bits per heavy atom. The van der Waals surface area contributed by atoms with Gasteiger partial charge in [-0.25, -0.2) is 4.98 Å². The van der Waals surface area contributed by atoms with Crippen LogP contribution in [-0.4, -0.2) is 28.1 Å². The largest absolute Gasteiger partial charge is 2.00 e. The molecule has 4 aromatic carbocycles. The van der Waals surface area contributed by atoms with Crippen LogP contribution in [0, 0.1) is 26.0 Å². The van der Waals surface area contributed by atoms with E-state index in [2.05, 4.69) is 150 Å². The van der Waals surface area contributed by atoms with Gasteiger partial charge in [0.2, 0.25) is 0 Å². The molecule has 0 saturated heterocycles. The van der Waals surface area contributed by atoms with E-state index in [0.717, 1.165) is 50.6 Å². The van der Waals surface area contributed by atoms with E-state index in [9.17, 15) is 0 Å². The van der Waals surface area contributed by atoms with Crippen LogP contribution in [0.25, 0.3) is 27.6 Å². The van der Waals surface area contributed by atoms with Gasteiger partial charge in [-0.3, -0.25) is 4.99 Å². The van der Waals surface area contributed by atoms with Crippen LogP contribution in [0.5, 0.6) is 0 Å². The van der Waals surface area contributed by atoms with Crippen LogP contribution < -0.4 is 4.90 Å². The number of ether oxygens (including phenoxy) is 1. The maximum Gasteiger partial charge on any atom is 2.00 e. The third-order valence-electron chi connectivity index (χ3n) is 9.93. The Morgan fingerprint density at radius 1 is 0.854 bits per heavy atom. The average Bonchev–Trinajstić information content (AvgIpc) is 3.61. The summed E-state index contributed by atoms with van der Waals surface area (Å²) in [6, 6.07) is 34.3. The van der Waals surface area contributed by atoms with Crippen LogP contribution in [0.3, 0.4) is 0 Å². The molecule has 2 aliphatic heterocycles. The summed E-state index contributed by atoms with van der Waals surface area (Å²) >= 11 is 0. The zero-order valence-corrected chi connectivity index (χ0v) is 31.1. The zero-order chi connectivity index (χ0) is 32.8. The predicted molar refractivity (Wildman–Crippen MR) is 193 cm³/mol. The molecular formula is C42H40N4OPt. The molecule has 0 amide bonds. The number of hydrogen-bond acceptors (Lipinski definition) is 4. The van der Waals surface area contributed by atoms with Gasteiger partial charge in [0.15, 0.2) is 0 Å². The Kier molecular flexibility index (Phi) is 7.71. The smallest absolute Gasteiger partial charge is 0.518 e. The van der Waals surface area contributed by atoms with Gasteiger partial charge in [-0.1, -0.05) is 102 Å². The van der Waals surface area contributed by atoms with Gasteiger partial charge in [-0.2, -0.15) is 6.07 Å². The third kappa shape index (κ3) is 4.93. The maximum atomic E-state index is 6.06. The first-order chi connectivity index (χ1) is 22.4. The number of anilines is 3. The van der Waals surface area contributed by atoms with Crippen molar-refractivity contribution in [3.05, 3.63) is 125 Å². The Labute approximate surface area is 297 Å². The first-order valence-electron chi connectivity index (χ1n) is 16.5. The van der Waals surface area contributed by atoms with E-state index in [1.165, 1.54) is 27.5 Å². The van der Waals surface area contributed by atoms with E-state index < -0.39 is 0 Å². The minimum Gasteiger partial charge on any atom is -0.518 e. The third-order valence-corrected chi connectivity index (χ3v) is 9.93. The molecule has 6 aromatic rings. The van der Waals surface area contributed by atoms with Gasteiger partial charge in [0.25, 0.3) is 0 Å². The van der Waals surface area contributed by atoms with Gasteiger partial charge in [-0.05, 0) is 64.2 Å². The molecule has 0 radical (unpaired) electrons. The summed E-state index contributed by atoms with van der Waals surface area (Å²) in [5.41, 5.74) is 11.9. The van der Waals surface area contributed by atoms with Gasteiger partial charge in [0.1, 0.15) is 11.7 Å². The van der Waals surface area contributed by atoms with Crippen molar-refractivity contribution < 1.29 is 25.8 Å². The van der Waals surface area contributed by atoms with E-state index in [0.29, 0.717) is 12.5 Å². The molecular weight excluding hydrogens is 772 g/mol. The monoisotopic (exact) mass is 811 g/mol. The number of para-hydroxylation sites is 2. The Morgan fingerprint density at radius 3 is 2.35 bits per heavy atom. The molecule has 4 heterocycles. The van der Waals surface area contributed by atoms with E-state index >= 15 is 0 Å². The summed E-state index contributed by atoms with van der Waals surface area (Å²) in [5.74, 6) is 1.57. The first-order valence-corrected chi connectivity index (χ1v) is 16.5. The quantitative estimate of drug-likeness (QED) is 0.167. The van der Waals surface area contributed by atoms with Crippen molar-refractivity contribution in [1.82, 2.24) is 9.55 Å². The fraction of sp³-hybridized carbons (Fsp3) is 0.286. The summed E-state index contributed by atoms with van der Waals surface area (Å²) in [6.07, 6.45) is 1.93. The van der Waals surface area contributed by atoms with E-state index in [1.807, 2.05) is 6.20 Å². The fourth-order valence-corrected chi connectivity index (χ4v) is 7.37. The molecule has 2 aliphatic rings. The number of aryl methyl sites for hydroxylation is 2. The molecule has 244 valence electrons. The molecule has 0 bridgehead atoms. The topological polar surface area (TPSA) is 42.7 Å². The van der Waals surface area contributed by atoms with Gasteiger partial charge >= 0.3 is 21.1 Å². The second-order valence-corrected chi connectivity index (χ2v) is 14.7. The maximum absolute atomic E-state index is 6.06. The summed E-state index contributed by atoms with van der Waals surface area (Å²) in [7, 11) is 0. The van der Waals surface area contributed by atoms with Gasteiger partial charge in [0.05, 0.1) is 12.6 Å². The molecule has 0 N–H and O–H groups in total. The minimum absolute atomic E-state index is 0. The van der Waals surface area contributed by atoms with E-state index in [4.69, 9.17) is 14.7 Å². The number of pyridine rings is 1. The number of rotatable bonds is 3. The second kappa shape index (κ2) is 11.4. The minimum atomic E-state index is -0.268. The molecule has 0 saturated carbocycles. The number of benzene rings is 4. The first kappa shape index (κ1) is 32.3. The molecule has 2 aromatic heterocycles. The van der Waals surface area contributed by atoms with Gasteiger partial charge < -0.3 is 14.2 Å². The molecule has 0 aliphatic carbocycles. The average molecular weight is 812 g/mol. The van der Waals surface area contributed by atoms with Crippen molar-refractivity contribution in [2.24, 2.45) is 4.99 Å². The van der Waals surface area contributed by atoms with Crippen molar-refractivity contribution in [3.63, 3.8) is 0 Å². The van der Waals surface area contributed by atoms with Gasteiger partial charge in [-0.15, -0.1) is 40.3 Å². The molecule has 0 unspecified atom stereocenters. The van der Waals surface area contributed by atoms with Crippen LogP contribution in [0.2, 0.25) is 0 Å². The zero-order valence-electron chi connectivity index (χ0n) is 28.8. The standard InChI is InChI=1S/C42H40N4O.Pt/c1-25-19-26(2)36(22-30(25)40-44-27(3)24-47-40)45-35-16-12-10-14-32(35)42(7,8)33-21-31-29-13-9-11-15-34(29)46(37(31)23-38(33)45)39-20-28(17-18-43-39)41(4,5)6;/h9-21,27H,24H2,1-8H3;/q-2;+2/t27-;/m1./s1. The summed E-state index contributed by atoms with van der Waals surface area (Å²) < 4.78 is 8.34. The molecule has 5 nitrogen and oxygen atoms in total. The molecule has 8 rings (SSSR count). The van der Waals surface area contributed by atoms with Crippen LogP contribution >= 0.6 is 0 Å². The summed E-state index contributed by atoms with van der Waals surface area (Å²) in [5, 5.41) is 2.36. The number of aromatic nitrogens is 2. The van der Waals surface area contributed by atoms with Gasteiger partial charge in [0, 0.05) is 17.4 Å². The van der Waals surface area contributed by atoms with Crippen LogP contribution in [0.15, 0.2) is 84.0 Å². The molecule has 0 spiro atoms.